The van der Waals surface area contributed by atoms with E-state index < -0.39 is 16.2 Å². The first kappa shape index (κ1) is 15.3. The minimum Gasteiger partial charge on any atom is -0.481 e. The molecule has 0 saturated heterocycles. The molecule has 0 heterocycles. The predicted octanol–water partition coefficient (Wildman–Crippen LogP) is 0.226. The molecule has 0 unspecified atom stereocenters. The first-order chi connectivity index (χ1) is 7.17. The Labute approximate surface area is 97.0 Å². The summed E-state index contributed by atoms with van der Waals surface area (Å²) < 4.78 is 26.0. The molecular formula is C9H20N2O4S. The highest BCUT2D eigenvalue weighted by molar-refractivity contribution is 7.86. The number of hydrogen-bond donors (Lipinski definition) is 1. The maximum Gasteiger partial charge on any atom is 0.304 e. The number of carboxylic acid groups (broad SMARTS) is 1. The molecule has 1 N–H and O–H groups in total. The van der Waals surface area contributed by atoms with Crippen LogP contribution in [0.25, 0.3) is 0 Å². The van der Waals surface area contributed by atoms with E-state index in [0.717, 1.165) is 4.31 Å². The minimum absolute atomic E-state index is 0.0138. The van der Waals surface area contributed by atoms with Crippen molar-refractivity contribution in [3.8, 4) is 0 Å². The molecule has 6 nitrogen and oxygen atoms in total. The van der Waals surface area contributed by atoms with E-state index in [-0.39, 0.29) is 18.9 Å². The van der Waals surface area contributed by atoms with Gasteiger partial charge in [0.15, 0.2) is 0 Å². The highest BCUT2D eigenvalue weighted by atomic mass is 32.2. The van der Waals surface area contributed by atoms with Crippen molar-refractivity contribution in [3.63, 3.8) is 0 Å². The maximum atomic E-state index is 11.8. The zero-order valence-corrected chi connectivity index (χ0v) is 11.0. The SMILES string of the molecule is CC(C)CN(C)S(=O)(=O)N(C)CCC(=O)O. The van der Waals surface area contributed by atoms with E-state index in [1.807, 2.05) is 13.8 Å². The van der Waals surface area contributed by atoms with Crippen molar-refractivity contribution >= 4 is 16.2 Å². The molecule has 0 aromatic heterocycles. The monoisotopic (exact) mass is 252 g/mol. The molecule has 0 spiro atoms. The van der Waals surface area contributed by atoms with Crippen LogP contribution in [0.1, 0.15) is 20.3 Å². The van der Waals surface area contributed by atoms with Gasteiger partial charge in [-0.25, -0.2) is 0 Å². The molecule has 96 valence electrons. The Bertz CT molecular complexity index is 326. The number of hydrogen-bond acceptors (Lipinski definition) is 3. The summed E-state index contributed by atoms with van der Waals surface area (Å²) in [5.41, 5.74) is 0. The van der Waals surface area contributed by atoms with Gasteiger partial charge in [-0.05, 0) is 5.92 Å². The lowest BCUT2D eigenvalue weighted by Gasteiger charge is -2.25. The van der Waals surface area contributed by atoms with Gasteiger partial charge in [-0.1, -0.05) is 13.8 Å². The molecule has 16 heavy (non-hydrogen) atoms. The van der Waals surface area contributed by atoms with Crippen LogP contribution in [0.3, 0.4) is 0 Å². The van der Waals surface area contributed by atoms with Crippen molar-refractivity contribution in [1.82, 2.24) is 8.61 Å². The summed E-state index contributed by atoms with van der Waals surface area (Å²) in [6.07, 6.45) is -0.189. The van der Waals surface area contributed by atoms with Crippen LogP contribution in [-0.2, 0) is 15.0 Å². The van der Waals surface area contributed by atoms with Crippen LogP contribution < -0.4 is 0 Å². The zero-order chi connectivity index (χ0) is 12.9. The highest BCUT2D eigenvalue weighted by Gasteiger charge is 2.24. The largest absolute Gasteiger partial charge is 0.481 e. The van der Waals surface area contributed by atoms with Crippen LogP contribution >= 0.6 is 0 Å². The Hall–Kier alpha value is -0.660. The average Bonchev–Trinajstić information content (AvgIpc) is 2.12. The summed E-state index contributed by atoms with van der Waals surface area (Å²) in [5.74, 6) is -0.777. The Morgan fingerprint density at radius 3 is 2.12 bits per heavy atom. The van der Waals surface area contributed by atoms with E-state index in [2.05, 4.69) is 0 Å². The summed E-state index contributed by atoms with van der Waals surface area (Å²) >= 11 is 0. The predicted molar refractivity (Wildman–Crippen MR) is 61.3 cm³/mol. The number of carboxylic acids is 1. The summed E-state index contributed by atoms with van der Waals surface area (Å²) in [7, 11) is -0.650. The number of nitrogens with zero attached hydrogens (tertiary/aromatic N) is 2. The van der Waals surface area contributed by atoms with Crippen molar-refractivity contribution < 1.29 is 18.3 Å². The van der Waals surface area contributed by atoms with Gasteiger partial charge in [0.05, 0.1) is 6.42 Å². The van der Waals surface area contributed by atoms with Gasteiger partial charge in [0.1, 0.15) is 0 Å². The molecule has 0 saturated carbocycles. The Morgan fingerprint density at radius 2 is 1.75 bits per heavy atom. The van der Waals surface area contributed by atoms with E-state index in [0.29, 0.717) is 6.54 Å². The molecular weight excluding hydrogens is 232 g/mol. The van der Waals surface area contributed by atoms with Gasteiger partial charge >= 0.3 is 5.97 Å². The second-order valence-corrected chi connectivity index (χ2v) is 6.29. The summed E-state index contributed by atoms with van der Waals surface area (Å²) in [5, 5.41) is 8.48. The Morgan fingerprint density at radius 1 is 1.25 bits per heavy atom. The number of aliphatic carboxylic acids is 1. The van der Waals surface area contributed by atoms with Crippen molar-refractivity contribution in [3.05, 3.63) is 0 Å². The Kier molecular flexibility index (Phi) is 5.91. The molecule has 0 aliphatic rings. The summed E-state index contributed by atoms with van der Waals surface area (Å²) in [4.78, 5) is 10.3. The van der Waals surface area contributed by atoms with Crippen LogP contribution in [0.2, 0.25) is 0 Å². The highest BCUT2D eigenvalue weighted by Crippen LogP contribution is 2.07. The van der Waals surface area contributed by atoms with E-state index in [4.69, 9.17) is 5.11 Å². The lowest BCUT2D eigenvalue weighted by molar-refractivity contribution is -0.137. The summed E-state index contributed by atoms with van der Waals surface area (Å²) in [6, 6.07) is 0. The molecule has 0 amide bonds. The molecule has 0 atom stereocenters. The topological polar surface area (TPSA) is 77.9 Å². The number of carbonyl (C=O) groups is 1. The van der Waals surface area contributed by atoms with E-state index in [1.54, 1.807) is 0 Å². The standard InChI is InChI=1S/C9H20N2O4S/c1-8(2)7-11(4)16(14,15)10(3)6-5-9(12)13/h8H,5-7H2,1-4H3,(H,12,13). The molecule has 0 bridgehead atoms. The van der Waals surface area contributed by atoms with Gasteiger partial charge in [0.25, 0.3) is 10.2 Å². The first-order valence-electron chi connectivity index (χ1n) is 5.07. The van der Waals surface area contributed by atoms with E-state index in [1.165, 1.54) is 18.4 Å². The molecule has 0 fully saturated rings. The molecule has 0 aromatic rings. The molecule has 0 aromatic carbocycles. The Balaban J connectivity index is 4.46. The third-order valence-electron chi connectivity index (χ3n) is 2.05. The van der Waals surface area contributed by atoms with Gasteiger partial charge in [0.2, 0.25) is 0 Å². The third kappa shape index (κ3) is 4.91. The van der Waals surface area contributed by atoms with Crippen molar-refractivity contribution in [1.29, 1.82) is 0 Å². The lowest BCUT2D eigenvalue weighted by atomic mass is 10.2. The van der Waals surface area contributed by atoms with Crippen molar-refractivity contribution in [2.75, 3.05) is 27.2 Å². The summed E-state index contributed by atoms with van der Waals surface area (Å²) in [6.45, 7) is 4.24. The molecule has 0 aliphatic carbocycles. The van der Waals surface area contributed by atoms with Crippen LogP contribution in [0.15, 0.2) is 0 Å². The van der Waals surface area contributed by atoms with Gasteiger partial charge in [-0.2, -0.15) is 17.0 Å². The fourth-order valence-corrected chi connectivity index (χ4v) is 2.50. The smallest absolute Gasteiger partial charge is 0.304 e. The van der Waals surface area contributed by atoms with Gasteiger partial charge in [-0.3, -0.25) is 4.79 Å². The van der Waals surface area contributed by atoms with Gasteiger partial charge in [0, 0.05) is 27.2 Å². The third-order valence-corrected chi connectivity index (χ3v) is 3.96. The van der Waals surface area contributed by atoms with Crippen molar-refractivity contribution in [2.24, 2.45) is 5.92 Å². The van der Waals surface area contributed by atoms with Crippen LogP contribution in [-0.4, -0.2) is 55.3 Å². The second kappa shape index (κ2) is 6.17. The van der Waals surface area contributed by atoms with Crippen LogP contribution in [0.4, 0.5) is 0 Å². The minimum atomic E-state index is -3.53. The molecule has 0 radical (unpaired) electrons. The van der Waals surface area contributed by atoms with Crippen LogP contribution in [0.5, 0.6) is 0 Å². The molecule has 0 rings (SSSR count). The van der Waals surface area contributed by atoms with E-state index >= 15 is 0 Å². The van der Waals surface area contributed by atoms with Crippen LogP contribution in [0, 0.1) is 5.92 Å². The van der Waals surface area contributed by atoms with Gasteiger partial charge in [-0.15, -0.1) is 0 Å². The maximum absolute atomic E-state index is 11.8. The number of rotatable bonds is 7. The fraction of sp³-hybridized carbons (Fsp3) is 0.889. The second-order valence-electron chi connectivity index (χ2n) is 4.15. The zero-order valence-electron chi connectivity index (χ0n) is 10.2. The molecule has 0 aliphatic heterocycles. The first-order valence-corrected chi connectivity index (χ1v) is 6.47. The average molecular weight is 252 g/mol. The lowest BCUT2D eigenvalue weighted by Crippen LogP contribution is -2.41. The normalized spacial score (nSPS) is 12.7. The van der Waals surface area contributed by atoms with Gasteiger partial charge < -0.3 is 5.11 Å². The van der Waals surface area contributed by atoms with Crippen molar-refractivity contribution in [2.45, 2.75) is 20.3 Å². The fourth-order valence-electron chi connectivity index (χ4n) is 1.21. The quantitative estimate of drug-likeness (QED) is 0.703. The van der Waals surface area contributed by atoms with E-state index in [9.17, 15) is 13.2 Å². The molecule has 7 heteroatoms.